The standard InChI is InChI=1S/C26H30N6O5S/c1-16-10-19(13-27-11-16)26-31-30-23(32(26)24-21(35-4)8-7-9-22(24)36-5)15-38(33,34)18(3)25(37-6)20-14-28-17(2)12-29-20/h7-14,18,25H,15H2,1-6H3/t18-,25-/m0/s1. The second-order valence-electron chi connectivity index (χ2n) is 8.79. The van der Waals surface area contributed by atoms with E-state index < -0.39 is 26.9 Å². The lowest BCUT2D eigenvalue weighted by Gasteiger charge is -2.22. The van der Waals surface area contributed by atoms with Gasteiger partial charge >= 0.3 is 0 Å². The van der Waals surface area contributed by atoms with Gasteiger partial charge in [0.05, 0.1) is 37.1 Å². The molecule has 200 valence electrons. The number of para-hydroxylation sites is 1. The van der Waals surface area contributed by atoms with E-state index in [9.17, 15) is 8.42 Å². The van der Waals surface area contributed by atoms with Crippen LogP contribution < -0.4 is 9.47 Å². The van der Waals surface area contributed by atoms with Crippen LogP contribution in [0.25, 0.3) is 17.1 Å². The fourth-order valence-corrected chi connectivity index (χ4v) is 5.60. The molecule has 0 N–H and O–H groups in total. The van der Waals surface area contributed by atoms with E-state index in [0.717, 1.165) is 11.3 Å². The zero-order valence-corrected chi connectivity index (χ0v) is 22.9. The highest BCUT2D eigenvalue weighted by Gasteiger charge is 2.34. The molecule has 12 heteroatoms. The smallest absolute Gasteiger partial charge is 0.170 e. The van der Waals surface area contributed by atoms with Gasteiger partial charge in [0.15, 0.2) is 21.5 Å². The zero-order valence-electron chi connectivity index (χ0n) is 22.1. The van der Waals surface area contributed by atoms with Crippen molar-refractivity contribution in [3.8, 4) is 28.6 Å². The largest absolute Gasteiger partial charge is 0.494 e. The maximum atomic E-state index is 13.7. The van der Waals surface area contributed by atoms with Crippen LogP contribution in [-0.2, 0) is 20.3 Å². The number of aryl methyl sites for hydroxylation is 2. The van der Waals surface area contributed by atoms with E-state index in [2.05, 4.69) is 25.1 Å². The Morgan fingerprint density at radius 2 is 1.66 bits per heavy atom. The number of hydrogen-bond donors (Lipinski definition) is 0. The topological polar surface area (TPSA) is 131 Å². The molecule has 0 aliphatic heterocycles. The van der Waals surface area contributed by atoms with Gasteiger partial charge in [0, 0.05) is 31.3 Å². The van der Waals surface area contributed by atoms with E-state index in [4.69, 9.17) is 14.2 Å². The molecule has 2 atom stereocenters. The Morgan fingerprint density at radius 3 is 2.24 bits per heavy atom. The quantitative estimate of drug-likeness (QED) is 0.296. The summed E-state index contributed by atoms with van der Waals surface area (Å²) in [5.41, 5.74) is 3.19. The number of pyridine rings is 1. The van der Waals surface area contributed by atoms with Gasteiger partial charge in [-0.05, 0) is 44.5 Å². The molecule has 0 bridgehead atoms. The Balaban J connectivity index is 1.84. The molecule has 0 aliphatic carbocycles. The van der Waals surface area contributed by atoms with Gasteiger partial charge in [-0.1, -0.05) is 6.07 Å². The molecule has 0 radical (unpaired) electrons. The number of nitrogens with zero attached hydrogens (tertiary/aromatic N) is 6. The van der Waals surface area contributed by atoms with Crippen molar-refractivity contribution in [2.75, 3.05) is 21.3 Å². The molecule has 0 aliphatic rings. The molecule has 0 fully saturated rings. The summed E-state index contributed by atoms with van der Waals surface area (Å²) in [6, 6.07) is 7.19. The summed E-state index contributed by atoms with van der Waals surface area (Å²) in [5.74, 6) is 1.07. The molecule has 0 unspecified atom stereocenters. The predicted octanol–water partition coefficient (Wildman–Crippen LogP) is 3.44. The minimum Gasteiger partial charge on any atom is -0.494 e. The molecule has 3 aromatic heterocycles. The molecule has 3 heterocycles. The fraction of sp³-hybridized carbons (Fsp3) is 0.346. The molecule has 38 heavy (non-hydrogen) atoms. The summed E-state index contributed by atoms with van der Waals surface area (Å²) in [6.45, 7) is 5.30. The first-order valence-corrected chi connectivity index (χ1v) is 13.5. The first-order valence-electron chi connectivity index (χ1n) is 11.8. The summed E-state index contributed by atoms with van der Waals surface area (Å²) in [5, 5.41) is 7.73. The van der Waals surface area contributed by atoms with Crippen molar-refractivity contribution in [3.05, 3.63) is 71.8 Å². The summed E-state index contributed by atoms with van der Waals surface area (Å²) in [4.78, 5) is 12.8. The van der Waals surface area contributed by atoms with E-state index in [1.165, 1.54) is 27.5 Å². The minimum atomic E-state index is -3.84. The lowest BCUT2D eigenvalue weighted by molar-refractivity contribution is 0.0983. The second-order valence-corrected chi connectivity index (χ2v) is 11.1. The van der Waals surface area contributed by atoms with Crippen molar-refractivity contribution in [2.24, 2.45) is 0 Å². The Morgan fingerprint density at radius 1 is 0.947 bits per heavy atom. The second kappa shape index (κ2) is 11.2. The predicted molar refractivity (Wildman–Crippen MR) is 141 cm³/mol. The molecule has 0 saturated carbocycles. The number of methoxy groups -OCH3 is 3. The van der Waals surface area contributed by atoms with E-state index in [1.54, 1.807) is 55.2 Å². The van der Waals surface area contributed by atoms with Crippen LogP contribution in [0.4, 0.5) is 0 Å². The van der Waals surface area contributed by atoms with Crippen molar-refractivity contribution in [2.45, 2.75) is 37.9 Å². The minimum absolute atomic E-state index is 0.181. The summed E-state index contributed by atoms with van der Waals surface area (Å²) in [7, 11) is 0.662. The van der Waals surface area contributed by atoms with E-state index in [1.807, 2.05) is 13.0 Å². The van der Waals surface area contributed by atoms with Crippen LogP contribution >= 0.6 is 0 Å². The van der Waals surface area contributed by atoms with Crippen LogP contribution in [0.2, 0.25) is 0 Å². The Kier molecular flexibility index (Phi) is 8.02. The lowest BCUT2D eigenvalue weighted by Crippen LogP contribution is -2.29. The van der Waals surface area contributed by atoms with Gasteiger partial charge in [0.1, 0.15) is 29.0 Å². The van der Waals surface area contributed by atoms with Gasteiger partial charge in [-0.15, -0.1) is 10.2 Å². The van der Waals surface area contributed by atoms with Gasteiger partial charge in [-0.3, -0.25) is 19.5 Å². The molecule has 11 nitrogen and oxygen atoms in total. The van der Waals surface area contributed by atoms with E-state index >= 15 is 0 Å². The first-order chi connectivity index (χ1) is 18.2. The van der Waals surface area contributed by atoms with Crippen molar-refractivity contribution in [3.63, 3.8) is 0 Å². The zero-order chi connectivity index (χ0) is 27.4. The van der Waals surface area contributed by atoms with Crippen molar-refractivity contribution in [1.82, 2.24) is 29.7 Å². The van der Waals surface area contributed by atoms with Gasteiger partial charge in [0.25, 0.3) is 0 Å². The lowest BCUT2D eigenvalue weighted by atomic mass is 10.2. The fourth-order valence-electron chi connectivity index (χ4n) is 4.16. The highest BCUT2D eigenvalue weighted by atomic mass is 32.2. The van der Waals surface area contributed by atoms with Crippen molar-refractivity contribution >= 4 is 9.84 Å². The van der Waals surface area contributed by atoms with Crippen molar-refractivity contribution < 1.29 is 22.6 Å². The normalized spacial score (nSPS) is 13.2. The number of hydrogen-bond acceptors (Lipinski definition) is 10. The molecular weight excluding hydrogens is 508 g/mol. The van der Waals surface area contributed by atoms with Crippen LogP contribution in [0.3, 0.4) is 0 Å². The van der Waals surface area contributed by atoms with E-state index in [-0.39, 0.29) is 5.82 Å². The van der Waals surface area contributed by atoms with Crippen LogP contribution in [0.15, 0.2) is 49.1 Å². The third-order valence-electron chi connectivity index (χ3n) is 6.16. The third kappa shape index (κ3) is 5.36. The average molecular weight is 539 g/mol. The summed E-state index contributed by atoms with van der Waals surface area (Å²) < 4.78 is 46.0. The first kappa shape index (κ1) is 27.1. The number of aromatic nitrogens is 6. The molecule has 0 spiro atoms. The highest BCUT2D eigenvalue weighted by Crippen LogP contribution is 2.37. The van der Waals surface area contributed by atoms with Crippen molar-refractivity contribution in [1.29, 1.82) is 0 Å². The molecule has 4 aromatic rings. The van der Waals surface area contributed by atoms with Gasteiger partial charge in [-0.25, -0.2) is 8.42 Å². The Hall–Kier alpha value is -3.90. The Bertz CT molecular complexity index is 1500. The van der Waals surface area contributed by atoms with Crippen LogP contribution in [0.1, 0.15) is 35.8 Å². The summed E-state index contributed by atoms with van der Waals surface area (Å²) in [6.07, 6.45) is 5.65. The van der Waals surface area contributed by atoms with E-state index in [0.29, 0.717) is 34.3 Å². The summed E-state index contributed by atoms with van der Waals surface area (Å²) >= 11 is 0. The maximum Gasteiger partial charge on any atom is 0.170 e. The van der Waals surface area contributed by atoms with Gasteiger partial charge in [0.2, 0.25) is 0 Å². The number of sulfone groups is 1. The molecule has 0 saturated heterocycles. The van der Waals surface area contributed by atoms with Crippen LogP contribution in [0.5, 0.6) is 11.5 Å². The molecule has 0 amide bonds. The number of ether oxygens (including phenoxy) is 3. The highest BCUT2D eigenvalue weighted by molar-refractivity contribution is 7.91. The number of rotatable bonds is 10. The molecule has 1 aromatic carbocycles. The monoisotopic (exact) mass is 538 g/mol. The Labute approximate surface area is 221 Å². The van der Waals surface area contributed by atoms with Crippen LogP contribution in [0, 0.1) is 13.8 Å². The van der Waals surface area contributed by atoms with Crippen LogP contribution in [-0.4, -0.2) is 64.7 Å². The maximum absolute atomic E-state index is 13.7. The molecular formula is C26H30N6O5S. The molecule has 4 rings (SSSR count). The van der Waals surface area contributed by atoms with Gasteiger partial charge < -0.3 is 14.2 Å². The SMILES string of the molecule is COc1cccc(OC)c1-n1c(CS(=O)(=O)[C@@H](C)[C@H](OC)c2cnc(C)cn2)nnc1-c1cncc(C)c1. The average Bonchev–Trinajstić information content (AvgIpc) is 3.31. The number of benzene rings is 1. The third-order valence-corrected chi connectivity index (χ3v) is 8.20. The van der Waals surface area contributed by atoms with Gasteiger partial charge in [-0.2, -0.15) is 0 Å².